The summed E-state index contributed by atoms with van der Waals surface area (Å²) in [5.41, 5.74) is 1.42. The minimum absolute atomic E-state index is 0.139. The molecule has 0 N–H and O–H groups in total. The summed E-state index contributed by atoms with van der Waals surface area (Å²) in [6, 6.07) is 24.3. The van der Waals surface area contributed by atoms with Gasteiger partial charge in [-0.15, -0.1) is 0 Å². The minimum atomic E-state index is -1.11. The first-order valence-electron chi connectivity index (χ1n) is 12.2. The van der Waals surface area contributed by atoms with Gasteiger partial charge in [-0.1, -0.05) is 48.5 Å². The van der Waals surface area contributed by atoms with Gasteiger partial charge in [0, 0.05) is 12.7 Å². The molecule has 9 nitrogen and oxygen atoms in total. The molecule has 0 spiro atoms. The van der Waals surface area contributed by atoms with E-state index < -0.39 is 48.9 Å². The maximum atomic E-state index is 13.2. The molecule has 0 amide bonds. The smallest absolute Gasteiger partial charge is 0.338 e. The van der Waals surface area contributed by atoms with Crippen molar-refractivity contribution >= 4 is 11.9 Å². The Kier molecular flexibility index (Phi) is 8.00. The molecule has 38 heavy (non-hydrogen) atoms. The van der Waals surface area contributed by atoms with Crippen LogP contribution in [-0.2, 0) is 28.4 Å². The highest BCUT2D eigenvalue weighted by atomic mass is 16.8. The fourth-order valence-corrected chi connectivity index (χ4v) is 4.46. The number of rotatable bonds is 7. The van der Waals surface area contributed by atoms with E-state index in [1.807, 2.05) is 12.1 Å². The highest BCUT2D eigenvalue weighted by molar-refractivity contribution is 5.90. The summed E-state index contributed by atoms with van der Waals surface area (Å²) in [5, 5.41) is 0. The van der Waals surface area contributed by atoms with Crippen LogP contribution in [0.15, 0.2) is 84.9 Å². The molecule has 3 aromatic rings. The van der Waals surface area contributed by atoms with Crippen molar-refractivity contribution in [2.24, 2.45) is 0 Å². The van der Waals surface area contributed by atoms with E-state index in [9.17, 15) is 9.59 Å². The quantitative estimate of drug-likeness (QED) is 0.429. The molecule has 1 unspecified atom stereocenters. The summed E-state index contributed by atoms with van der Waals surface area (Å²) in [5.74, 6) is -0.517. The second-order valence-electron chi connectivity index (χ2n) is 8.79. The molecule has 2 saturated heterocycles. The molecule has 3 aromatic carbocycles. The lowest BCUT2D eigenvalue weighted by Gasteiger charge is -2.47. The molecule has 0 radical (unpaired) electrons. The fraction of sp³-hybridized carbons (Fsp3) is 0.310. The van der Waals surface area contributed by atoms with Crippen molar-refractivity contribution in [2.75, 3.05) is 20.8 Å². The molecule has 0 bridgehead atoms. The van der Waals surface area contributed by atoms with Crippen molar-refractivity contribution in [2.45, 2.75) is 37.0 Å². The molecule has 9 heteroatoms. The van der Waals surface area contributed by atoms with E-state index in [2.05, 4.69) is 0 Å². The normalized spacial score (nSPS) is 26.6. The van der Waals surface area contributed by atoms with Gasteiger partial charge in [0.15, 0.2) is 24.8 Å². The molecule has 2 aliphatic rings. The van der Waals surface area contributed by atoms with Crippen LogP contribution in [0.25, 0.3) is 0 Å². The van der Waals surface area contributed by atoms with Crippen LogP contribution in [0.2, 0.25) is 0 Å². The Hall–Kier alpha value is -3.76. The zero-order chi connectivity index (χ0) is 26.5. The monoisotopic (exact) mass is 520 g/mol. The van der Waals surface area contributed by atoms with E-state index in [-0.39, 0.29) is 6.61 Å². The molecule has 0 aliphatic carbocycles. The van der Waals surface area contributed by atoms with Crippen LogP contribution in [0.5, 0.6) is 5.75 Å². The van der Waals surface area contributed by atoms with E-state index >= 15 is 0 Å². The predicted octanol–water partition coefficient (Wildman–Crippen LogP) is 3.93. The van der Waals surface area contributed by atoms with Crippen LogP contribution in [-0.4, -0.2) is 63.5 Å². The van der Waals surface area contributed by atoms with Gasteiger partial charge in [0.25, 0.3) is 0 Å². The molecule has 2 fully saturated rings. The van der Waals surface area contributed by atoms with Crippen molar-refractivity contribution in [1.29, 1.82) is 0 Å². The zero-order valence-corrected chi connectivity index (χ0v) is 20.9. The Morgan fingerprint density at radius 1 is 0.737 bits per heavy atom. The molecular weight excluding hydrogens is 492 g/mol. The summed E-state index contributed by atoms with van der Waals surface area (Å²) in [6.45, 7) is 0.139. The van der Waals surface area contributed by atoms with Gasteiger partial charge in [0.1, 0.15) is 18.0 Å². The predicted molar refractivity (Wildman–Crippen MR) is 134 cm³/mol. The second kappa shape index (κ2) is 11.7. The Labute approximate surface area is 220 Å². The lowest BCUT2D eigenvalue weighted by Crippen LogP contribution is -2.64. The van der Waals surface area contributed by atoms with Crippen molar-refractivity contribution < 1.29 is 42.7 Å². The van der Waals surface area contributed by atoms with Crippen molar-refractivity contribution in [3.8, 4) is 5.75 Å². The number of hydrogen-bond acceptors (Lipinski definition) is 9. The Bertz CT molecular complexity index is 1220. The topological polar surface area (TPSA) is 98.8 Å². The summed E-state index contributed by atoms with van der Waals surface area (Å²) in [6.07, 6.45) is -5.42. The molecule has 2 aliphatic heterocycles. The molecule has 0 aromatic heterocycles. The van der Waals surface area contributed by atoms with Gasteiger partial charge in [0.05, 0.1) is 24.8 Å². The third kappa shape index (κ3) is 5.56. The van der Waals surface area contributed by atoms with Crippen molar-refractivity contribution in [3.05, 3.63) is 102 Å². The number of methoxy groups -OCH3 is 2. The third-order valence-corrected chi connectivity index (χ3v) is 6.41. The summed E-state index contributed by atoms with van der Waals surface area (Å²) in [4.78, 5) is 26.2. The number of ether oxygens (including phenoxy) is 7. The Morgan fingerprint density at radius 2 is 1.32 bits per heavy atom. The summed E-state index contributed by atoms with van der Waals surface area (Å²) >= 11 is 0. The molecule has 6 atom stereocenters. The summed E-state index contributed by atoms with van der Waals surface area (Å²) < 4.78 is 40.9. The molecule has 5 rings (SSSR count). The van der Waals surface area contributed by atoms with Gasteiger partial charge in [-0.25, -0.2) is 9.59 Å². The minimum Gasteiger partial charge on any atom is -0.497 e. The van der Waals surface area contributed by atoms with E-state index in [4.69, 9.17) is 33.2 Å². The van der Waals surface area contributed by atoms with E-state index in [1.165, 1.54) is 7.11 Å². The van der Waals surface area contributed by atoms with E-state index in [1.54, 1.807) is 79.9 Å². The first kappa shape index (κ1) is 25.9. The lowest BCUT2D eigenvalue weighted by molar-refractivity contribution is -0.356. The van der Waals surface area contributed by atoms with E-state index in [0.717, 1.165) is 5.56 Å². The van der Waals surface area contributed by atoms with Crippen molar-refractivity contribution in [3.63, 3.8) is 0 Å². The van der Waals surface area contributed by atoms with Gasteiger partial charge >= 0.3 is 11.9 Å². The summed E-state index contributed by atoms with van der Waals surface area (Å²) in [7, 11) is 3.01. The fourth-order valence-electron chi connectivity index (χ4n) is 4.46. The van der Waals surface area contributed by atoms with Crippen LogP contribution < -0.4 is 4.74 Å². The average Bonchev–Trinajstić information content (AvgIpc) is 2.98. The molecule has 2 heterocycles. The maximum absolute atomic E-state index is 13.2. The van der Waals surface area contributed by atoms with Gasteiger partial charge in [0.2, 0.25) is 0 Å². The molecule has 0 saturated carbocycles. The van der Waals surface area contributed by atoms with Crippen LogP contribution in [0.4, 0.5) is 0 Å². The van der Waals surface area contributed by atoms with Gasteiger partial charge in [-0.3, -0.25) is 0 Å². The first-order valence-corrected chi connectivity index (χ1v) is 12.2. The number of carbonyl (C=O) groups is 2. The van der Waals surface area contributed by atoms with Gasteiger partial charge < -0.3 is 33.2 Å². The van der Waals surface area contributed by atoms with Crippen molar-refractivity contribution in [1.82, 2.24) is 0 Å². The van der Waals surface area contributed by atoms with E-state index in [0.29, 0.717) is 16.9 Å². The SMILES string of the molecule is COc1ccc(C2OC[C@H]3O[C@@H](OC)[C@H](OC(=O)c4ccccc4)[C@@H](OC(=O)c4ccccc4)[C@H]3O2)cc1. The second-order valence-corrected chi connectivity index (χ2v) is 8.79. The number of carbonyl (C=O) groups excluding carboxylic acids is 2. The number of fused-ring (bicyclic) bond motifs is 1. The highest BCUT2D eigenvalue weighted by Gasteiger charge is 2.54. The zero-order valence-electron chi connectivity index (χ0n) is 20.9. The number of esters is 2. The number of benzene rings is 3. The first-order chi connectivity index (χ1) is 18.6. The standard InChI is InChI=1S/C29H28O9/c1-32-21-15-13-20(14-16-21)28-34-17-22-23(38-28)24(36-26(30)18-9-5-3-6-10-18)25(29(33-2)35-22)37-27(31)19-11-7-4-8-12-19/h3-16,22-25,28-29H,17H2,1-2H3/t22-,23+,24+,25-,28?,29-/m1/s1. The Balaban J connectivity index is 1.45. The molecule has 198 valence electrons. The van der Waals surface area contributed by atoms with Gasteiger partial charge in [-0.05, 0) is 36.4 Å². The van der Waals surface area contributed by atoms with Crippen LogP contribution in [0.1, 0.15) is 32.6 Å². The third-order valence-electron chi connectivity index (χ3n) is 6.41. The van der Waals surface area contributed by atoms with Crippen LogP contribution in [0.3, 0.4) is 0 Å². The molecular formula is C29H28O9. The largest absolute Gasteiger partial charge is 0.497 e. The van der Waals surface area contributed by atoms with Crippen LogP contribution >= 0.6 is 0 Å². The van der Waals surface area contributed by atoms with Crippen LogP contribution in [0, 0.1) is 0 Å². The lowest BCUT2D eigenvalue weighted by atomic mass is 9.97. The maximum Gasteiger partial charge on any atom is 0.338 e. The average molecular weight is 521 g/mol. The van der Waals surface area contributed by atoms with Gasteiger partial charge in [-0.2, -0.15) is 0 Å². The Morgan fingerprint density at radius 3 is 1.87 bits per heavy atom. The highest BCUT2D eigenvalue weighted by Crippen LogP contribution is 2.37. The number of hydrogen-bond donors (Lipinski definition) is 0.